The average Bonchev–Trinajstić information content (AvgIpc) is 2.90. The Morgan fingerprint density at radius 2 is 1.78 bits per heavy atom. The van der Waals surface area contributed by atoms with Gasteiger partial charge in [0.2, 0.25) is 0 Å². The van der Waals surface area contributed by atoms with Crippen LogP contribution in [0.5, 0.6) is 0 Å². The first-order valence-corrected chi connectivity index (χ1v) is 7.63. The van der Waals surface area contributed by atoms with Gasteiger partial charge < -0.3 is 5.32 Å². The monoisotopic (exact) mass is 284 g/mol. The van der Waals surface area contributed by atoms with Crippen LogP contribution >= 0.6 is 24.2 Å². The van der Waals surface area contributed by atoms with Gasteiger partial charge in [0.05, 0.1) is 0 Å². The van der Waals surface area contributed by atoms with Crippen molar-refractivity contribution in [3.8, 4) is 0 Å². The lowest BCUT2D eigenvalue weighted by Gasteiger charge is -2.17. The van der Waals surface area contributed by atoms with Crippen LogP contribution in [-0.2, 0) is 6.54 Å². The summed E-state index contributed by atoms with van der Waals surface area (Å²) in [6, 6.07) is 9.02. The first-order valence-electron chi connectivity index (χ1n) is 6.41. The Balaban J connectivity index is 0.00000120. The topological polar surface area (TPSA) is 15.3 Å². The van der Waals surface area contributed by atoms with E-state index in [9.17, 15) is 0 Å². The Bertz CT molecular complexity index is 370. The first-order chi connectivity index (χ1) is 8.35. The van der Waals surface area contributed by atoms with Crippen LogP contribution < -0.4 is 5.32 Å². The zero-order chi connectivity index (χ0) is 11.7. The molecular formula is C14H21ClN2S. The zero-order valence-corrected chi connectivity index (χ0v) is 12.4. The minimum absolute atomic E-state index is 0. The number of nitrogens with one attached hydrogen (secondary N) is 1. The molecule has 2 nitrogen and oxygen atoms in total. The fraction of sp³-hybridized carbons (Fsp3) is 0.571. The molecule has 0 spiro atoms. The molecule has 3 rings (SSSR count). The summed E-state index contributed by atoms with van der Waals surface area (Å²) >= 11 is 1.81. The molecule has 2 fully saturated rings. The summed E-state index contributed by atoms with van der Waals surface area (Å²) < 4.78 is 0. The summed E-state index contributed by atoms with van der Waals surface area (Å²) in [4.78, 5) is 3.97. The zero-order valence-electron chi connectivity index (χ0n) is 10.8. The van der Waals surface area contributed by atoms with Crippen molar-refractivity contribution < 1.29 is 0 Å². The second-order valence-corrected chi connectivity index (χ2v) is 6.10. The highest BCUT2D eigenvalue weighted by Gasteiger charge is 2.35. The highest BCUT2D eigenvalue weighted by atomic mass is 35.5. The van der Waals surface area contributed by atoms with Crippen molar-refractivity contribution in [2.24, 2.45) is 11.8 Å². The van der Waals surface area contributed by atoms with Gasteiger partial charge in [0.15, 0.2) is 0 Å². The number of likely N-dealkylation sites (tertiary alicyclic amines) is 1. The van der Waals surface area contributed by atoms with E-state index in [1.165, 1.54) is 36.6 Å². The van der Waals surface area contributed by atoms with Crippen LogP contribution in [0.1, 0.15) is 5.56 Å². The van der Waals surface area contributed by atoms with Gasteiger partial charge in [-0.2, -0.15) is 0 Å². The Kier molecular flexibility index (Phi) is 4.96. The Morgan fingerprint density at radius 1 is 1.17 bits per heavy atom. The van der Waals surface area contributed by atoms with E-state index in [0.717, 1.165) is 18.4 Å². The number of nitrogens with zero attached hydrogens (tertiary/aromatic N) is 1. The van der Waals surface area contributed by atoms with E-state index in [1.807, 2.05) is 11.8 Å². The lowest BCUT2D eigenvalue weighted by atomic mass is 10.0. The van der Waals surface area contributed by atoms with E-state index in [2.05, 4.69) is 40.7 Å². The summed E-state index contributed by atoms with van der Waals surface area (Å²) in [7, 11) is 0. The molecule has 0 amide bonds. The van der Waals surface area contributed by atoms with Crippen LogP contribution in [0, 0.1) is 11.8 Å². The van der Waals surface area contributed by atoms with Crippen LogP contribution in [0.2, 0.25) is 0 Å². The SMILES string of the molecule is CSc1ccc(CN2C[C@H]3CNC[C@H]3C2)cc1.Cl. The summed E-state index contributed by atoms with van der Waals surface area (Å²) in [5.74, 6) is 1.81. The molecular weight excluding hydrogens is 264 g/mol. The van der Waals surface area contributed by atoms with Crippen molar-refractivity contribution in [1.82, 2.24) is 10.2 Å². The summed E-state index contributed by atoms with van der Waals surface area (Å²) in [6.07, 6.45) is 2.13. The van der Waals surface area contributed by atoms with Crippen molar-refractivity contribution in [1.29, 1.82) is 0 Å². The number of hydrogen-bond acceptors (Lipinski definition) is 3. The maximum absolute atomic E-state index is 3.49. The highest BCUT2D eigenvalue weighted by molar-refractivity contribution is 7.98. The average molecular weight is 285 g/mol. The normalized spacial score (nSPS) is 26.9. The predicted octanol–water partition coefficient (Wildman–Crippen LogP) is 2.48. The van der Waals surface area contributed by atoms with Gasteiger partial charge in [-0.25, -0.2) is 0 Å². The van der Waals surface area contributed by atoms with Gasteiger partial charge in [0, 0.05) is 24.5 Å². The van der Waals surface area contributed by atoms with E-state index in [0.29, 0.717) is 0 Å². The van der Waals surface area contributed by atoms with E-state index in [-0.39, 0.29) is 12.4 Å². The number of rotatable bonds is 3. The largest absolute Gasteiger partial charge is 0.316 e. The number of thioether (sulfide) groups is 1. The third kappa shape index (κ3) is 3.02. The minimum Gasteiger partial charge on any atom is -0.316 e. The molecule has 0 aromatic heterocycles. The molecule has 1 aromatic rings. The Labute approximate surface area is 120 Å². The maximum Gasteiger partial charge on any atom is 0.0234 e. The number of benzene rings is 1. The third-order valence-corrected chi connectivity index (χ3v) is 4.77. The standard InChI is InChI=1S/C14H20N2S.ClH/c1-17-14-4-2-11(3-5-14)8-16-9-12-6-15-7-13(12)10-16;/h2-5,12-13,15H,6-10H2,1H3;1H/t12-,13+;. The molecule has 2 aliphatic rings. The van der Waals surface area contributed by atoms with Crippen molar-refractivity contribution in [2.45, 2.75) is 11.4 Å². The molecule has 2 aliphatic heterocycles. The van der Waals surface area contributed by atoms with Gasteiger partial charge in [-0.05, 0) is 48.9 Å². The molecule has 0 bridgehead atoms. The second-order valence-electron chi connectivity index (χ2n) is 5.22. The molecule has 0 aliphatic carbocycles. The molecule has 2 saturated heterocycles. The summed E-state index contributed by atoms with van der Waals surface area (Å²) in [5, 5.41) is 3.49. The number of fused-ring (bicyclic) bond motifs is 1. The fourth-order valence-electron chi connectivity index (χ4n) is 3.07. The van der Waals surface area contributed by atoms with Gasteiger partial charge in [-0.1, -0.05) is 12.1 Å². The van der Waals surface area contributed by atoms with E-state index in [1.54, 1.807) is 0 Å². The molecule has 2 heterocycles. The van der Waals surface area contributed by atoms with Gasteiger partial charge >= 0.3 is 0 Å². The lowest BCUT2D eigenvalue weighted by molar-refractivity contribution is 0.305. The predicted molar refractivity (Wildman–Crippen MR) is 80.6 cm³/mol. The van der Waals surface area contributed by atoms with Crippen LogP contribution in [0.3, 0.4) is 0 Å². The van der Waals surface area contributed by atoms with E-state index in [4.69, 9.17) is 0 Å². The van der Waals surface area contributed by atoms with Crippen LogP contribution in [0.4, 0.5) is 0 Å². The van der Waals surface area contributed by atoms with Gasteiger partial charge in [-0.3, -0.25) is 4.90 Å². The molecule has 1 aromatic carbocycles. The Hall–Kier alpha value is -0.220. The molecule has 1 N–H and O–H groups in total. The van der Waals surface area contributed by atoms with E-state index < -0.39 is 0 Å². The van der Waals surface area contributed by atoms with Crippen LogP contribution in [0.25, 0.3) is 0 Å². The molecule has 2 atom stereocenters. The number of halogens is 1. The van der Waals surface area contributed by atoms with Gasteiger partial charge in [-0.15, -0.1) is 24.2 Å². The van der Waals surface area contributed by atoms with Gasteiger partial charge in [0.1, 0.15) is 0 Å². The minimum atomic E-state index is 0. The quantitative estimate of drug-likeness (QED) is 0.859. The lowest BCUT2D eigenvalue weighted by Crippen LogP contribution is -2.25. The van der Waals surface area contributed by atoms with Crippen LogP contribution in [0.15, 0.2) is 29.2 Å². The smallest absolute Gasteiger partial charge is 0.0234 e. The van der Waals surface area contributed by atoms with Gasteiger partial charge in [0.25, 0.3) is 0 Å². The third-order valence-electron chi connectivity index (χ3n) is 4.03. The number of hydrogen-bond donors (Lipinski definition) is 1. The van der Waals surface area contributed by atoms with Crippen molar-refractivity contribution in [3.63, 3.8) is 0 Å². The maximum atomic E-state index is 3.49. The van der Waals surface area contributed by atoms with E-state index >= 15 is 0 Å². The first kappa shape index (κ1) is 14.2. The summed E-state index contributed by atoms with van der Waals surface area (Å²) in [5.41, 5.74) is 1.45. The van der Waals surface area contributed by atoms with Crippen LogP contribution in [-0.4, -0.2) is 37.3 Å². The summed E-state index contributed by atoms with van der Waals surface area (Å²) in [6.45, 7) is 6.14. The molecule has 100 valence electrons. The van der Waals surface area contributed by atoms with Crippen molar-refractivity contribution in [2.75, 3.05) is 32.4 Å². The molecule has 4 heteroatoms. The van der Waals surface area contributed by atoms with Crippen molar-refractivity contribution in [3.05, 3.63) is 29.8 Å². The molecule has 18 heavy (non-hydrogen) atoms. The molecule has 0 unspecified atom stereocenters. The second kappa shape index (κ2) is 6.29. The molecule has 0 saturated carbocycles. The molecule has 0 radical (unpaired) electrons. The highest BCUT2D eigenvalue weighted by Crippen LogP contribution is 2.27. The van der Waals surface area contributed by atoms with Crippen molar-refractivity contribution >= 4 is 24.2 Å². The Morgan fingerprint density at radius 3 is 2.33 bits per heavy atom. The fourth-order valence-corrected chi connectivity index (χ4v) is 3.48.